The second-order valence-corrected chi connectivity index (χ2v) is 7.34. The SMILES string of the molecule is COc1ccc(NC(=O)CN2N=NC3C(=O)N(c4ccc(C)cc4)C(=O)C32)cc1Cl. The number of anilines is 2. The monoisotopic (exact) mass is 427 g/mol. The third-order valence-electron chi connectivity index (χ3n) is 4.89. The third kappa shape index (κ3) is 3.48. The van der Waals surface area contributed by atoms with Crippen LogP contribution in [0.5, 0.6) is 5.75 Å². The Hall–Kier alpha value is -3.46. The highest BCUT2D eigenvalue weighted by molar-refractivity contribution is 6.32. The quantitative estimate of drug-likeness (QED) is 0.738. The van der Waals surface area contributed by atoms with Crippen LogP contribution in [0.2, 0.25) is 5.02 Å². The number of imide groups is 1. The number of ether oxygens (including phenoxy) is 1. The van der Waals surface area contributed by atoms with Gasteiger partial charge in [0, 0.05) is 5.69 Å². The summed E-state index contributed by atoms with van der Waals surface area (Å²) in [7, 11) is 1.49. The fourth-order valence-electron chi connectivity index (χ4n) is 3.39. The summed E-state index contributed by atoms with van der Waals surface area (Å²) in [6, 6.07) is 9.96. The molecule has 2 aliphatic heterocycles. The minimum absolute atomic E-state index is 0.241. The normalized spacial score (nSPS) is 20.0. The van der Waals surface area contributed by atoms with Crippen LogP contribution in [-0.4, -0.2) is 48.5 Å². The first-order chi connectivity index (χ1) is 14.4. The smallest absolute Gasteiger partial charge is 0.263 e. The first kappa shape index (κ1) is 19.8. The number of benzene rings is 2. The van der Waals surface area contributed by atoms with E-state index < -0.39 is 29.8 Å². The Kier molecular flexibility index (Phi) is 5.13. The Morgan fingerprint density at radius 1 is 1.17 bits per heavy atom. The van der Waals surface area contributed by atoms with Crippen LogP contribution in [0, 0.1) is 6.92 Å². The molecule has 0 spiro atoms. The molecule has 154 valence electrons. The molecular weight excluding hydrogens is 410 g/mol. The van der Waals surface area contributed by atoms with Gasteiger partial charge >= 0.3 is 0 Å². The van der Waals surface area contributed by atoms with Gasteiger partial charge in [-0.15, -0.1) is 0 Å². The number of fused-ring (bicyclic) bond motifs is 1. The Labute approximate surface area is 177 Å². The predicted molar refractivity (Wildman–Crippen MR) is 109 cm³/mol. The van der Waals surface area contributed by atoms with Gasteiger partial charge in [-0.2, -0.15) is 5.11 Å². The Balaban J connectivity index is 1.46. The number of halogens is 1. The molecule has 3 amide bonds. The molecule has 0 bridgehead atoms. The molecule has 1 N–H and O–H groups in total. The van der Waals surface area contributed by atoms with Gasteiger partial charge in [0.15, 0.2) is 12.1 Å². The van der Waals surface area contributed by atoms with Crippen molar-refractivity contribution in [1.29, 1.82) is 0 Å². The van der Waals surface area contributed by atoms with Crippen molar-refractivity contribution in [3.63, 3.8) is 0 Å². The lowest BCUT2D eigenvalue weighted by molar-refractivity contribution is -0.123. The molecular formula is C20H18ClN5O4. The second kappa shape index (κ2) is 7.75. The fraction of sp³-hybridized carbons (Fsp3) is 0.250. The van der Waals surface area contributed by atoms with Gasteiger partial charge in [0.05, 0.1) is 17.8 Å². The van der Waals surface area contributed by atoms with Crippen LogP contribution < -0.4 is 15.0 Å². The van der Waals surface area contributed by atoms with Crippen LogP contribution in [0.4, 0.5) is 11.4 Å². The van der Waals surface area contributed by atoms with E-state index in [-0.39, 0.29) is 6.54 Å². The summed E-state index contributed by atoms with van der Waals surface area (Å²) in [5, 5.41) is 12.1. The molecule has 30 heavy (non-hydrogen) atoms. The van der Waals surface area contributed by atoms with Crippen molar-refractivity contribution < 1.29 is 19.1 Å². The number of rotatable bonds is 5. The maximum absolute atomic E-state index is 12.9. The van der Waals surface area contributed by atoms with Gasteiger partial charge in [0.1, 0.15) is 12.3 Å². The average Bonchev–Trinajstić information content (AvgIpc) is 3.23. The number of nitrogens with zero attached hydrogens (tertiary/aromatic N) is 4. The zero-order chi connectivity index (χ0) is 21.4. The topological polar surface area (TPSA) is 104 Å². The number of carbonyl (C=O) groups excluding carboxylic acids is 3. The van der Waals surface area contributed by atoms with E-state index in [1.165, 1.54) is 12.1 Å². The minimum atomic E-state index is -0.956. The molecule has 0 aromatic heterocycles. The molecule has 1 fully saturated rings. The van der Waals surface area contributed by atoms with E-state index >= 15 is 0 Å². The second-order valence-electron chi connectivity index (χ2n) is 6.94. The van der Waals surface area contributed by atoms with E-state index in [4.69, 9.17) is 16.3 Å². The summed E-state index contributed by atoms with van der Waals surface area (Å²) in [6.07, 6.45) is 0. The third-order valence-corrected chi connectivity index (χ3v) is 5.19. The average molecular weight is 428 g/mol. The number of methoxy groups -OCH3 is 1. The molecule has 1 saturated heterocycles. The van der Waals surface area contributed by atoms with E-state index in [0.717, 1.165) is 10.5 Å². The Bertz CT molecular complexity index is 1060. The number of aryl methyl sites for hydroxylation is 1. The molecule has 0 radical (unpaired) electrons. The number of hydrogen-bond acceptors (Lipinski definition) is 7. The van der Waals surface area contributed by atoms with Crippen LogP contribution >= 0.6 is 11.6 Å². The highest BCUT2D eigenvalue weighted by atomic mass is 35.5. The van der Waals surface area contributed by atoms with E-state index in [9.17, 15) is 14.4 Å². The fourth-order valence-corrected chi connectivity index (χ4v) is 3.65. The molecule has 2 heterocycles. The Morgan fingerprint density at radius 2 is 1.90 bits per heavy atom. The highest BCUT2D eigenvalue weighted by Gasteiger charge is 2.55. The van der Waals surface area contributed by atoms with Crippen LogP contribution in [-0.2, 0) is 14.4 Å². The van der Waals surface area contributed by atoms with Gasteiger partial charge in [-0.05, 0) is 37.3 Å². The maximum Gasteiger partial charge on any atom is 0.263 e. The van der Waals surface area contributed by atoms with E-state index in [1.807, 2.05) is 19.1 Å². The molecule has 2 aromatic rings. The summed E-state index contributed by atoms with van der Waals surface area (Å²) >= 11 is 6.07. The summed E-state index contributed by atoms with van der Waals surface area (Å²) in [6.45, 7) is 1.67. The minimum Gasteiger partial charge on any atom is -0.495 e. The van der Waals surface area contributed by atoms with Crippen LogP contribution in [0.1, 0.15) is 5.56 Å². The summed E-state index contributed by atoms with van der Waals surface area (Å²) in [5.74, 6) is -0.858. The van der Waals surface area contributed by atoms with Crippen molar-refractivity contribution >= 4 is 40.7 Å². The summed E-state index contributed by atoms with van der Waals surface area (Å²) in [5.41, 5.74) is 1.95. The molecule has 10 heteroatoms. The molecule has 9 nitrogen and oxygen atoms in total. The highest BCUT2D eigenvalue weighted by Crippen LogP contribution is 2.32. The summed E-state index contributed by atoms with van der Waals surface area (Å²) < 4.78 is 5.08. The predicted octanol–water partition coefficient (Wildman–Crippen LogP) is 2.59. The molecule has 0 aliphatic carbocycles. The van der Waals surface area contributed by atoms with E-state index in [1.54, 1.807) is 30.3 Å². The zero-order valence-corrected chi connectivity index (χ0v) is 17.0. The largest absolute Gasteiger partial charge is 0.495 e. The van der Waals surface area contributed by atoms with Crippen LogP contribution in [0.15, 0.2) is 52.8 Å². The van der Waals surface area contributed by atoms with Gasteiger partial charge in [0.2, 0.25) is 5.91 Å². The van der Waals surface area contributed by atoms with Crippen molar-refractivity contribution in [1.82, 2.24) is 5.01 Å². The first-order valence-electron chi connectivity index (χ1n) is 9.14. The van der Waals surface area contributed by atoms with Crippen LogP contribution in [0.3, 0.4) is 0 Å². The number of amides is 3. The van der Waals surface area contributed by atoms with Gasteiger partial charge in [-0.25, -0.2) is 4.90 Å². The number of hydrogen-bond donors (Lipinski definition) is 1. The molecule has 2 atom stereocenters. The number of carbonyl (C=O) groups is 3. The first-order valence-corrected chi connectivity index (χ1v) is 9.52. The lowest BCUT2D eigenvalue weighted by Gasteiger charge is -2.20. The lowest BCUT2D eigenvalue weighted by Crippen LogP contribution is -2.43. The zero-order valence-electron chi connectivity index (χ0n) is 16.2. The lowest BCUT2D eigenvalue weighted by atomic mass is 10.1. The van der Waals surface area contributed by atoms with Crippen molar-refractivity contribution in [2.45, 2.75) is 19.0 Å². The van der Waals surface area contributed by atoms with E-state index in [0.29, 0.717) is 22.1 Å². The van der Waals surface area contributed by atoms with Gasteiger partial charge in [-0.3, -0.25) is 19.4 Å². The molecule has 2 aromatic carbocycles. The van der Waals surface area contributed by atoms with Gasteiger partial charge < -0.3 is 10.1 Å². The molecule has 2 aliphatic rings. The number of nitrogens with one attached hydrogen (secondary N) is 1. The Morgan fingerprint density at radius 3 is 2.57 bits per heavy atom. The van der Waals surface area contributed by atoms with Crippen molar-refractivity contribution in [3.8, 4) is 5.75 Å². The standard InChI is InChI=1S/C20H18ClN5O4/c1-11-3-6-13(7-4-11)26-19(28)17-18(20(26)29)25(24-23-17)10-16(27)22-12-5-8-15(30-2)14(21)9-12/h3-9,17-18H,10H2,1-2H3,(H,22,27). The van der Waals surface area contributed by atoms with E-state index in [2.05, 4.69) is 15.7 Å². The molecule has 4 rings (SSSR count). The molecule has 0 saturated carbocycles. The van der Waals surface area contributed by atoms with Gasteiger partial charge in [0.25, 0.3) is 11.8 Å². The van der Waals surface area contributed by atoms with Crippen molar-refractivity contribution in [3.05, 3.63) is 53.1 Å². The van der Waals surface area contributed by atoms with Crippen LogP contribution in [0.25, 0.3) is 0 Å². The van der Waals surface area contributed by atoms with Crippen molar-refractivity contribution in [2.24, 2.45) is 10.3 Å². The van der Waals surface area contributed by atoms with Crippen molar-refractivity contribution in [2.75, 3.05) is 23.9 Å². The van der Waals surface area contributed by atoms with Gasteiger partial charge in [-0.1, -0.05) is 34.5 Å². The maximum atomic E-state index is 12.9. The molecule has 2 unspecified atom stereocenters. The summed E-state index contributed by atoms with van der Waals surface area (Å²) in [4.78, 5) is 39.2.